The van der Waals surface area contributed by atoms with Crippen LogP contribution in [0.15, 0.2) is 72.3 Å². The smallest absolute Gasteiger partial charge is 0.0464 e. The molecule has 0 fully saturated rings. The third-order valence-electron chi connectivity index (χ3n) is 6.15. The number of H-pyrrole nitrogens is 1. The zero-order valence-corrected chi connectivity index (χ0v) is 25.2. The Bertz CT molecular complexity index is 1080. The minimum Gasteiger partial charge on any atom is -0.355 e. The SMILES string of the molecule is C#CC.C/C=C\C(=C/C)CC.CCCC(C)CCC.CCc1ccc2[nH]c(-c3cccc(C)c3)cc2c1. The van der Waals surface area contributed by atoms with Gasteiger partial charge in [0.2, 0.25) is 0 Å². The molecule has 0 bridgehead atoms. The van der Waals surface area contributed by atoms with Crippen molar-refractivity contribution in [2.45, 2.75) is 101 Å². The van der Waals surface area contributed by atoms with Crippen LogP contribution in [0.1, 0.15) is 98.6 Å². The predicted octanol–water partition coefficient (Wildman–Crippen LogP) is 11.5. The second-order valence-corrected chi connectivity index (χ2v) is 9.52. The van der Waals surface area contributed by atoms with Gasteiger partial charge in [0.15, 0.2) is 0 Å². The molecule has 0 atom stereocenters. The van der Waals surface area contributed by atoms with E-state index in [2.05, 4.69) is 133 Å². The molecule has 0 saturated carbocycles. The number of hydrogen-bond acceptors (Lipinski definition) is 0. The first-order valence-electron chi connectivity index (χ1n) is 14.2. The number of terminal acetylenes is 1. The summed E-state index contributed by atoms with van der Waals surface area (Å²) in [6.07, 6.45) is 18.7. The van der Waals surface area contributed by atoms with Crippen LogP contribution in [0.25, 0.3) is 22.2 Å². The number of rotatable bonds is 8. The highest BCUT2D eigenvalue weighted by Gasteiger charge is 2.04. The molecule has 3 aromatic rings. The van der Waals surface area contributed by atoms with E-state index in [1.807, 2.05) is 6.92 Å². The highest BCUT2D eigenvalue weighted by Crippen LogP contribution is 2.25. The van der Waals surface area contributed by atoms with Crippen molar-refractivity contribution in [2.75, 3.05) is 0 Å². The van der Waals surface area contributed by atoms with Gasteiger partial charge in [-0.05, 0) is 81.8 Å². The molecule has 202 valence electrons. The van der Waals surface area contributed by atoms with Gasteiger partial charge >= 0.3 is 0 Å². The van der Waals surface area contributed by atoms with Gasteiger partial charge in [0.1, 0.15) is 0 Å². The van der Waals surface area contributed by atoms with Gasteiger partial charge in [-0.2, -0.15) is 0 Å². The fraction of sp³-hybridized carbons (Fsp3) is 0.444. The lowest BCUT2D eigenvalue weighted by Gasteiger charge is -2.05. The summed E-state index contributed by atoms with van der Waals surface area (Å²) in [4.78, 5) is 3.49. The Hall–Kier alpha value is -2.98. The molecule has 1 N–H and O–H groups in total. The lowest BCUT2D eigenvalue weighted by Crippen LogP contribution is -1.91. The van der Waals surface area contributed by atoms with Gasteiger partial charge in [-0.25, -0.2) is 0 Å². The van der Waals surface area contributed by atoms with E-state index in [1.165, 1.54) is 64.5 Å². The van der Waals surface area contributed by atoms with Gasteiger partial charge in [-0.15, -0.1) is 12.3 Å². The van der Waals surface area contributed by atoms with Gasteiger partial charge in [-0.3, -0.25) is 0 Å². The average molecular weight is 500 g/mol. The topological polar surface area (TPSA) is 15.8 Å². The van der Waals surface area contributed by atoms with Crippen LogP contribution in [0.3, 0.4) is 0 Å². The standard InChI is InChI=1S/C17H17N.C8H18.C8H14.C3H4/c1-3-13-7-8-16-15(10-13)11-17(18-16)14-6-4-5-12(2)9-14;1-4-6-8(3)7-5-2;1-4-7-8(5-2)6-3;1-3-2/h4-11,18H,3H2,1-2H3;8H,4-7H2,1-3H3;4-5,7H,6H2,1-3H3;1H,2H3/b;;7-4-,8-5-;. The third-order valence-corrected chi connectivity index (χ3v) is 6.15. The number of aryl methyl sites for hydroxylation is 2. The van der Waals surface area contributed by atoms with Crippen LogP contribution < -0.4 is 0 Å². The lowest BCUT2D eigenvalue weighted by atomic mass is 10.0. The van der Waals surface area contributed by atoms with E-state index >= 15 is 0 Å². The van der Waals surface area contributed by atoms with Crippen molar-refractivity contribution in [3.8, 4) is 23.6 Å². The molecule has 1 heteroatoms. The fourth-order valence-corrected chi connectivity index (χ4v) is 4.13. The van der Waals surface area contributed by atoms with Crippen molar-refractivity contribution in [2.24, 2.45) is 5.92 Å². The van der Waals surface area contributed by atoms with E-state index in [0.29, 0.717) is 0 Å². The molecular formula is C36H53N. The van der Waals surface area contributed by atoms with Crippen molar-refractivity contribution in [1.82, 2.24) is 4.98 Å². The van der Waals surface area contributed by atoms with Gasteiger partial charge in [0.05, 0.1) is 0 Å². The van der Waals surface area contributed by atoms with Gasteiger partial charge in [0, 0.05) is 16.6 Å². The highest BCUT2D eigenvalue weighted by atomic mass is 14.7. The summed E-state index contributed by atoms with van der Waals surface area (Å²) < 4.78 is 0. The molecule has 1 nitrogen and oxygen atoms in total. The minimum absolute atomic E-state index is 0.963. The Morgan fingerprint density at radius 3 is 2.08 bits per heavy atom. The number of nitrogens with one attached hydrogen (secondary N) is 1. The molecule has 0 aliphatic rings. The maximum Gasteiger partial charge on any atom is 0.0464 e. The second kappa shape index (κ2) is 21.1. The Labute approximate surface area is 229 Å². The number of aromatic nitrogens is 1. The molecular weight excluding hydrogens is 446 g/mol. The normalized spacial score (nSPS) is 10.7. The van der Waals surface area contributed by atoms with Crippen molar-refractivity contribution in [1.29, 1.82) is 0 Å². The molecule has 3 rings (SSSR count). The van der Waals surface area contributed by atoms with Crippen LogP contribution in [0.2, 0.25) is 0 Å². The molecule has 0 amide bonds. The monoisotopic (exact) mass is 499 g/mol. The number of aromatic amines is 1. The lowest BCUT2D eigenvalue weighted by molar-refractivity contribution is 0.480. The van der Waals surface area contributed by atoms with E-state index in [0.717, 1.165) is 18.8 Å². The van der Waals surface area contributed by atoms with Gasteiger partial charge in [-0.1, -0.05) is 114 Å². The first kappa shape index (κ1) is 34.0. The first-order chi connectivity index (χ1) is 17.8. The molecule has 37 heavy (non-hydrogen) atoms. The van der Waals surface area contributed by atoms with Crippen LogP contribution in [0.4, 0.5) is 0 Å². The highest BCUT2D eigenvalue weighted by molar-refractivity contribution is 5.86. The van der Waals surface area contributed by atoms with Gasteiger partial charge < -0.3 is 4.98 Å². The summed E-state index contributed by atoms with van der Waals surface area (Å²) >= 11 is 0. The predicted molar refractivity (Wildman–Crippen MR) is 170 cm³/mol. The molecule has 0 radical (unpaired) electrons. The summed E-state index contributed by atoms with van der Waals surface area (Å²) in [5.41, 5.74) is 7.75. The molecule has 0 aliphatic heterocycles. The van der Waals surface area contributed by atoms with Crippen LogP contribution in [0, 0.1) is 25.2 Å². The molecule has 2 aromatic carbocycles. The number of benzene rings is 2. The van der Waals surface area contributed by atoms with E-state index in [4.69, 9.17) is 0 Å². The van der Waals surface area contributed by atoms with Crippen LogP contribution in [-0.4, -0.2) is 4.98 Å². The molecule has 0 aliphatic carbocycles. The quantitative estimate of drug-likeness (QED) is 0.234. The molecule has 1 heterocycles. The van der Waals surface area contributed by atoms with Crippen molar-refractivity contribution < 1.29 is 0 Å². The Morgan fingerprint density at radius 1 is 0.973 bits per heavy atom. The molecule has 0 unspecified atom stereocenters. The van der Waals surface area contributed by atoms with Gasteiger partial charge in [0.25, 0.3) is 0 Å². The van der Waals surface area contributed by atoms with E-state index < -0.39 is 0 Å². The number of fused-ring (bicyclic) bond motifs is 1. The maximum atomic E-state index is 4.60. The molecule has 1 aromatic heterocycles. The maximum absolute atomic E-state index is 4.60. The van der Waals surface area contributed by atoms with Crippen LogP contribution in [0.5, 0.6) is 0 Å². The zero-order valence-electron chi connectivity index (χ0n) is 25.2. The fourth-order valence-electron chi connectivity index (χ4n) is 4.13. The summed E-state index contributed by atoms with van der Waals surface area (Å²) in [5.74, 6) is 3.21. The number of hydrogen-bond donors (Lipinski definition) is 1. The Morgan fingerprint density at radius 2 is 1.62 bits per heavy atom. The summed E-state index contributed by atoms with van der Waals surface area (Å²) in [6.45, 7) is 19.1. The largest absolute Gasteiger partial charge is 0.355 e. The third kappa shape index (κ3) is 14.4. The molecule has 0 spiro atoms. The van der Waals surface area contributed by atoms with Crippen molar-refractivity contribution >= 4 is 10.9 Å². The summed E-state index contributed by atoms with van der Waals surface area (Å²) in [6, 6.07) is 17.5. The van der Waals surface area contributed by atoms with E-state index in [-0.39, 0.29) is 0 Å². The molecule has 0 saturated heterocycles. The second-order valence-electron chi connectivity index (χ2n) is 9.52. The minimum atomic E-state index is 0.963. The van der Waals surface area contributed by atoms with Crippen LogP contribution >= 0.6 is 0 Å². The zero-order chi connectivity index (χ0) is 28.1. The Kier molecular flexibility index (Phi) is 19.4. The number of allylic oxidation sites excluding steroid dienone is 4. The Balaban J connectivity index is 0.000000574. The first-order valence-corrected chi connectivity index (χ1v) is 14.2. The van der Waals surface area contributed by atoms with E-state index in [9.17, 15) is 0 Å². The van der Waals surface area contributed by atoms with Crippen molar-refractivity contribution in [3.05, 3.63) is 83.5 Å². The average Bonchev–Trinajstić information content (AvgIpc) is 3.32. The van der Waals surface area contributed by atoms with E-state index in [1.54, 1.807) is 6.92 Å². The summed E-state index contributed by atoms with van der Waals surface area (Å²) in [5, 5.41) is 1.30. The van der Waals surface area contributed by atoms with Crippen molar-refractivity contribution in [3.63, 3.8) is 0 Å². The summed E-state index contributed by atoms with van der Waals surface area (Å²) in [7, 11) is 0. The van der Waals surface area contributed by atoms with Crippen LogP contribution in [-0.2, 0) is 6.42 Å².